The molecule has 4 nitrogen and oxygen atoms in total. The van der Waals surface area contributed by atoms with E-state index in [0.29, 0.717) is 19.7 Å². The van der Waals surface area contributed by atoms with Crippen molar-refractivity contribution >= 4 is 0 Å². The number of aryl methyl sites for hydroxylation is 1. The van der Waals surface area contributed by atoms with Crippen molar-refractivity contribution in [1.82, 2.24) is 4.90 Å². The fourth-order valence-corrected chi connectivity index (χ4v) is 3.26. The molecule has 1 aliphatic carbocycles. The van der Waals surface area contributed by atoms with Crippen molar-refractivity contribution in [3.8, 4) is 0 Å². The smallest absolute Gasteiger partial charge is 0.117 e. The van der Waals surface area contributed by atoms with Gasteiger partial charge in [0.2, 0.25) is 0 Å². The molecule has 0 aliphatic heterocycles. The molecule has 1 heterocycles. The third-order valence-electron chi connectivity index (χ3n) is 4.33. The van der Waals surface area contributed by atoms with Crippen LogP contribution in [0, 0.1) is 0 Å². The lowest BCUT2D eigenvalue weighted by Gasteiger charge is -2.27. The van der Waals surface area contributed by atoms with Crippen molar-refractivity contribution in [2.24, 2.45) is 0 Å². The fraction of sp³-hybridized carbons (Fsp3) is 0.474. The van der Waals surface area contributed by atoms with Crippen LogP contribution in [-0.4, -0.2) is 36.3 Å². The number of rotatable bonds is 7. The summed E-state index contributed by atoms with van der Waals surface area (Å²) in [6.45, 7) is 1.62. The summed E-state index contributed by atoms with van der Waals surface area (Å²) in [5.41, 5.74) is 2.67. The van der Waals surface area contributed by atoms with Gasteiger partial charge in [-0.3, -0.25) is 4.90 Å². The number of hydrogen-bond acceptors (Lipinski definition) is 4. The molecule has 4 heteroatoms. The van der Waals surface area contributed by atoms with E-state index in [1.165, 1.54) is 11.1 Å². The van der Waals surface area contributed by atoms with Crippen LogP contribution in [0.4, 0.5) is 0 Å². The van der Waals surface area contributed by atoms with Gasteiger partial charge >= 0.3 is 0 Å². The molecule has 2 atom stereocenters. The first-order chi connectivity index (χ1) is 11.2. The maximum absolute atomic E-state index is 10.2. The Bertz CT molecular complexity index is 596. The van der Waals surface area contributed by atoms with E-state index in [0.717, 1.165) is 25.0 Å². The van der Waals surface area contributed by atoms with Crippen LogP contribution < -0.4 is 0 Å². The normalized spacial score (nSPS) is 18.8. The zero-order chi connectivity index (χ0) is 16.1. The SMILES string of the molecule is CN(Cc1ccco1)C[C@H](O)CO[C@@H]1CCCc2ccccc21. The molecular weight excluding hydrogens is 290 g/mol. The Hall–Kier alpha value is -1.62. The summed E-state index contributed by atoms with van der Waals surface area (Å²) in [6, 6.07) is 12.3. The van der Waals surface area contributed by atoms with Gasteiger partial charge in [-0.15, -0.1) is 0 Å². The third-order valence-corrected chi connectivity index (χ3v) is 4.33. The van der Waals surface area contributed by atoms with Crippen molar-refractivity contribution < 1.29 is 14.3 Å². The minimum atomic E-state index is -0.496. The van der Waals surface area contributed by atoms with Crippen molar-refractivity contribution in [2.45, 2.75) is 38.0 Å². The minimum Gasteiger partial charge on any atom is -0.468 e. The lowest BCUT2D eigenvalue weighted by Crippen LogP contribution is -2.32. The molecule has 0 saturated heterocycles. The van der Waals surface area contributed by atoms with Gasteiger partial charge in [-0.05, 0) is 49.6 Å². The summed E-state index contributed by atoms with van der Waals surface area (Å²) >= 11 is 0. The van der Waals surface area contributed by atoms with E-state index in [-0.39, 0.29) is 6.10 Å². The lowest BCUT2D eigenvalue weighted by molar-refractivity contribution is -0.0269. The van der Waals surface area contributed by atoms with E-state index < -0.39 is 6.10 Å². The van der Waals surface area contributed by atoms with Crippen LogP contribution >= 0.6 is 0 Å². The molecule has 1 aromatic carbocycles. The first-order valence-electron chi connectivity index (χ1n) is 8.31. The maximum Gasteiger partial charge on any atom is 0.117 e. The van der Waals surface area contributed by atoms with Crippen molar-refractivity contribution in [3.63, 3.8) is 0 Å². The van der Waals surface area contributed by atoms with Gasteiger partial charge in [-0.25, -0.2) is 0 Å². The first kappa shape index (κ1) is 16.2. The number of likely N-dealkylation sites (N-methyl/N-ethyl adjacent to an activating group) is 1. The largest absolute Gasteiger partial charge is 0.468 e. The predicted octanol–water partition coefficient (Wildman–Crippen LogP) is 3.17. The van der Waals surface area contributed by atoms with Crippen LogP contribution in [0.5, 0.6) is 0 Å². The van der Waals surface area contributed by atoms with Crippen molar-refractivity contribution in [1.29, 1.82) is 0 Å². The van der Waals surface area contributed by atoms with Crippen LogP contribution in [0.2, 0.25) is 0 Å². The highest BCUT2D eigenvalue weighted by atomic mass is 16.5. The zero-order valence-corrected chi connectivity index (χ0v) is 13.6. The minimum absolute atomic E-state index is 0.116. The summed E-state index contributed by atoms with van der Waals surface area (Å²) < 4.78 is 11.3. The van der Waals surface area contributed by atoms with Crippen molar-refractivity contribution in [3.05, 3.63) is 59.5 Å². The molecule has 23 heavy (non-hydrogen) atoms. The number of benzene rings is 1. The number of aliphatic hydroxyl groups is 1. The lowest BCUT2D eigenvalue weighted by atomic mass is 9.89. The first-order valence-corrected chi connectivity index (χ1v) is 8.31. The number of hydrogen-bond donors (Lipinski definition) is 1. The van der Waals surface area contributed by atoms with E-state index in [9.17, 15) is 5.11 Å². The van der Waals surface area contributed by atoms with Crippen LogP contribution in [0.3, 0.4) is 0 Å². The third kappa shape index (κ3) is 4.44. The van der Waals surface area contributed by atoms with Gasteiger partial charge in [0.05, 0.1) is 31.6 Å². The molecule has 1 aliphatic rings. The Morgan fingerprint density at radius 2 is 2.17 bits per heavy atom. The highest BCUT2D eigenvalue weighted by Crippen LogP contribution is 2.32. The Morgan fingerprint density at radius 3 is 3.00 bits per heavy atom. The molecule has 0 fully saturated rings. The van der Waals surface area contributed by atoms with Gasteiger partial charge in [0.1, 0.15) is 5.76 Å². The second kappa shape index (κ2) is 7.77. The number of ether oxygens (including phenoxy) is 1. The van der Waals surface area contributed by atoms with Crippen LogP contribution in [0.1, 0.15) is 35.8 Å². The van der Waals surface area contributed by atoms with Crippen LogP contribution in [0.15, 0.2) is 47.1 Å². The van der Waals surface area contributed by atoms with Gasteiger partial charge in [0.15, 0.2) is 0 Å². The van der Waals surface area contributed by atoms with Crippen molar-refractivity contribution in [2.75, 3.05) is 20.2 Å². The van der Waals surface area contributed by atoms with E-state index in [1.807, 2.05) is 24.1 Å². The van der Waals surface area contributed by atoms with Crippen LogP contribution in [0.25, 0.3) is 0 Å². The summed E-state index contributed by atoms with van der Waals surface area (Å²) in [5.74, 6) is 0.904. The molecule has 2 aromatic rings. The van der Waals surface area contributed by atoms with Gasteiger partial charge < -0.3 is 14.3 Å². The molecule has 0 saturated carbocycles. The summed E-state index contributed by atoms with van der Waals surface area (Å²) in [5, 5.41) is 10.2. The topological polar surface area (TPSA) is 45.8 Å². The molecule has 0 radical (unpaired) electrons. The zero-order valence-electron chi connectivity index (χ0n) is 13.6. The van der Waals surface area contributed by atoms with Gasteiger partial charge in [-0.1, -0.05) is 24.3 Å². The predicted molar refractivity (Wildman–Crippen MR) is 89.1 cm³/mol. The number of nitrogens with zero attached hydrogens (tertiary/aromatic N) is 1. The molecule has 1 aromatic heterocycles. The number of furan rings is 1. The van der Waals surface area contributed by atoms with E-state index in [4.69, 9.17) is 9.15 Å². The average molecular weight is 315 g/mol. The summed E-state index contributed by atoms with van der Waals surface area (Å²) in [7, 11) is 1.97. The Morgan fingerprint density at radius 1 is 1.30 bits per heavy atom. The second-order valence-electron chi connectivity index (χ2n) is 6.34. The Balaban J connectivity index is 1.47. The Labute approximate surface area is 137 Å². The van der Waals surface area contributed by atoms with Crippen LogP contribution in [-0.2, 0) is 17.7 Å². The highest BCUT2D eigenvalue weighted by molar-refractivity contribution is 5.31. The summed E-state index contributed by atoms with van der Waals surface area (Å²) in [4.78, 5) is 2.04. The molecule has 0 unspecified atom stereocenters. The maximum atomic E-state index is 10.2. The van der Waals surface area contributed by atoms with Gasteiger partial charge in [0, 0.05) is 6.54 Å². The Kier molecular flexibility index (Phi) is 5.49. The van der Waals surface area contributed by atoms with E-state index in [1.54, 1.807) is 6.26 Å². The fourth-order valence-electron chi connectivity index (χ4n) is 3.26. The van der Waals surface area contributed by atoms with E-state index in [2.05, 4.69) is 24.3 Å². The van der Waals surface area contributed by atoms with Gasteiger partial charge in [0.25, 0.3) is 0 Å². The molecule has 0 spiro atoms. The summed E-state index contributed by atoms with van der Waals surface area (Å²) in [6.07, 6.45) is 4.60. The second-order valence-corrected chi connectivity index (χ2v) is 6.34. The average Bonchev–Trinajstić information content (AvgIpc) is 3.05. The molecular formula is C19H25NO3. The number of fused-ring (bicyclic) bond motifs is 1. The molecule has 3 rings (SSSR count). The molecule has 1 N–H and O–H groups in total. The highest BCUT2D eigenvalue weighted by Gasteiger charge is 2.21. The van der Waals surface area contributed by atoms with Gasteiger partial charge in [-0.2, -0.15) is 0 Å². The monoisotopic (exact) mass is 315 g/mol. The quantitative estimate of drug-likeness (QED) is 0.852. The molecule has 0 bridgehead atoms. The standard InChI is InChI=1S/C19H25NO3/c1-20(13-17-8-5-11-22-17)12-16(21)14-23-19-10-4-7-15-6-2-3-9-18(15)19/h2-3,5-6,8-9,11,16,19,21H,4,7,10,12-14H2,1H3/t16-,19+/m0/s1. The number of aliphatic hydroxyl groups excluding tert-OH is 1. The van der Waals surface area contributed by atoms with E-state index >= 15 is 0 Å². The molecule has 124 valence electrons. The molecule has 0 amide bonds.